The Hall–Kier alpha value is -3.55. The molecule has 33 heavy (non-hydrogen) atoms. The van der Waals surface area contributed by atoms with Crippen molar-refractivity contribution in [3.63, 3.8) is 0 Å². The lowest BCUT2D eigenvalue weighted by Crippen LogP contribution is -2.42. The number of carbonyl (C=O) groups is 2. The van der Waals surface area contributed by atoms with Crippen LogP contribution in [0.15, 0.2) is 51.7 Å². The fourth-order valence-corrected chi connectivity index (χ4v) is 3.84. The molecule has 0 saturated heterocycles. The van der Waals surface area contributed by atoms with Gasteiger partial charge in [0.15, 0.2) is 5.58 Å². The van der Waals surface area contributed by atoms with Crippen LogP contribution in [0.5, 0.6) is 5.75 Å². The predicted octanol–water partition coefficient (Wildman–Crippen LogP) is 4.03. The summed E-state index contributed by atoms with van der Waals surface area (Å²) in [6.07, 6.45) is 0.868. The van der Waals surface area contributed by atoms with E-state index in [0.29, 0.717) is 40.7 Å². The second-order valence-electron chi connectivity index (χ2n) is 9.46. The molecule has 2 heterocycles. The minimum atomic E-state index is -0.664. The molecular weight excluding hydrogens is 422 g/mol. The molecule has 0 fully saturated rings. The molecule has 8 heteroatoms. The molecule has 174 valence electrons. The molecule has 0 aliphatic carbocycles. The number of fused-ring (bicyclic) bond motifs is 2. The third-order valence-corrected chi connectivity index (χ3v) is 5.75. The summed E-state index contributed by atoms with van der Waals surface area (Å²) in [5, 5.41) is 2.82. The Bertz CT molecular complexity index is 1250. The maximum atomic E-state index is 13.2. The van der Waals surface area contributed by atoms with Crippen molar-refractivity contribution >= 4 is 34.3 Å². The van der Waals surface area contributed by atoms with Gasteiger partial charge in [0, 0.05) is 18.3 Å². The zero-order valence-electron chi connectivity index (χ0n) is 19.4. The van der Waals surface area contributed by atoms with E-state index in [1.807, 2.05) is 13.8 Å². The number of ether oxygens (including phenoxy) is 1. The minimum absolute atomic E-state index is 0.0184. The molecule has 2 amide bonds. The van der Waals surface area contributed by atoms with Gasteiger partial charge in [0.2, 0.25) is 11.8 Å². The molecule has 1 aliphatic rings. The van der Waals surface area contributed by atoms with E-state index >= 15 is 0 Å². The van der Waals surface area contributed by atoms with E-state index in [4.69, 9.17) is 9.15 Å². The average molecular weight is 452 g/mol. The van der Waals surface area contributed by atoms with Crippen molar-refractivity contribution in [2.24, 2.45) is 11.3 Å². The summed E-state index contributed by atoms with van der Waals surface area (Å²) in [5.74, 6) is 0.0595. The lowest BCUT2D eigenvalue weighted by Gasteiger charge is -2.28. The van der Waals surface area contributed by atoms with Crippen molar-refractivity contribution in [2.45, 2.75) is 40.7 Å². The molecular formula is C25H29N3O5. The van der Waals surface area contributed by atoms with Gasteiger partial charge in [-0.2, -0.15) is 0 Å². The molecule has 3 aromatic rings. The zero-order chi connectivity index (χ0) is 23.8. The first-order chi connectivity index (χ1) is 15.7. The number of amides is 2. The van der Waals surface area contributed by atoms with Crippen molar-refractivity contribution in [2.75, 3.05) is 23.4 Å². The molecule has 1 N–H and O–H groups in total. The summed E-state index contributed by atoms with van der Waals surface area (Å²) in [6, 6.07) is 12.2. The number of nitrogens with zero attached hydrogens (tertiary/aromatic N) is 2. The highest BCUT2D eigenvalue weighted by molar-refractivity contribution is 6.00. The maximum absolute atomic E-state index is 13.2. The Kier molecular flexibility index (Phi) is 6.01. The molecule has 1 aromatic heterocycles. The van der Waals surface area contributed by atoms with Crippen LogP contribution in [0.2, 0.25) is 0 Å². The van der Waals surface area contributed by atoms with Crippen LogP contribution in [0.3, 0.4) is 0 Å². The van der Waals surface area contributed by atoms with Gasteiger partial charge >= 0.3 is 5.76 Å². The van der Waals surface area contributed by atoms with E-state index in [2.05, 4.69) is 19.2 Å². The van der Waals surface area contributed by atoms with Crippen LogP contribution >= 0.6 is 0 Å². The summed E-state index contributed by atoms with van der Waals surface area (Å²) in [7, 11) is 0. The second kappa shape index (κ2) is 8.77. The first-order valence-corrected chi connectivity index (χ1v) is 11.1. The summed E-state index contributed by atoms with van der Waals surface area (Å²) in [6.45, 7) is 8.65. The Balaban J connectivity index is 1.56. The Labute approximate surface area is 192 Å². The maximum Gasteiger partial charge on any atom is 0.420 e. The highest BCUT2D eigenvalue weighted by Gasteiger charge is 2.37. The van der Waals surface area contributed by atoms with Gasteiger partial charge in [-0.05, 0) is 50.5 Å². The summed E-state index contributed by atoms with van der Waals surface area (Å²) >= 11 is 0. The number of carbonyl (C=O) groups excluding carboxylic acids is 2. The van der Waals surface area contributed by atoms with Crippen LogP contribution in [0, 0.1) is 11.3 Å². The molecule has 1 aliphatic heterocycles. The molecule has 4 rings (SSSR count). The number of aromatic nitrogens is 1. The lowest BCUT2D eigenvalue weighted by molar-refractivity contribution is -0.127. The van der Waals surface area contributed by atoms with Gasteiger partial charge in [0.05, 0.1) is 16.6 Å². The summed E-state index contributed by atoms with van der Waals surface area (Å²) in [4.78, 5) is 39.8. The number of rotatable bonds is 6. The number of para-hydroxylation sites is 2. The van der Waals surface area contributed by atoms with E-state index in [-0.39, 0.29) is 25.0 Å². The van der Waals surface area contributed by atoms with Crippen molar-refractivity contribution in [1.29, 1.82) is 0 Å². The number of hydrogen-bond acceptors (Lipinski definition) is 5. The second-order valence-corrected chi connectivity index (χ2v) is 9.46. The molecule has 0 radical (unpaired) electrons. The van der Waals surface area contributed by atoms with Gasteiger partial charge in [-0.3, -0.25) is 14.2 Å². The van der Waals surface area contributed by atoms with Gasteiger partial charge in [0.25, 0.3) is 0 Å². The molecule has 0 bridgehead atoms. The largest absolute Gasteiger partial charge is 0.490 e. The van der Waals surface area contributed by atoms with Crippen molar-refractivity contribution in [3.8, 4) is 5.75 Å². The number of oxazole rings is 1. The van der Waals surface area contributed by atoms with Gasteiger partial charge in [-0.25, -0.2) is 4.79 Å². The standard InChI is InChI=1S/C25H29N3O5/c1-16(2)11-12-27-19-10-9-17(13-21(19)32-15-25(3,4)23(27)30)26-22(29)14-28-18-7-5-6-8-20(18)33-24(28)31/h5-10,13,16H,11-12,14-15H2,1-4H3,(H,26,29). The average Bonchev–Trinajstić information content (AvgIpc) is 3.03. The van der Waals surface area contributed by atoms with Gasteiger partial charge in [-0.15, -0.1) is 0 Å². The van der Waals surface area contributed by atoms with E-state index in [9.17, 15) is 14.4 Å². The van der Waals surface area contributed by atoms with Crippen molar-refractivity contribution < 1.29 is 18.7 Å². The molecule has 0 atom stereocenters. The third kappa shape index (κ3) is 4.65. The molecule has 0 saturated carbocycles. The van der Waals surface area contributed by atoms with E-state index < -0.39 is 11.2 Å². The van der Waals surface area contributed by atoms with Crippen LogP contribution in [-0.2, 0) is 16.1 Å². The smallest absolute Gasteiger partial charge is 0.420 e. The SMILES string of the molecule is CC(C)CCN1C(=O)C(C)(C)COc2cc(NC(=O)Cn3c(=O)oc4ccccc43)ccc21. The van der Waals surface area contributed by atoms with E-state index in [1.54, 1.807) is 47.4 Å². The Morgan fingerprint density at radius 1 is 1.15 bits per heavy atom. The zero-order valence-corrected chi connectivity index (χ0v) is 19.4. The minimum Gasteiger partial charge on any atom is -0.490 e. The van der Waals surface area contributed by atoms with Crippen LogP contribution < -0.4 is 20.7 Å². The van der Waals surface area contributed by atoms with Gasteiger partial charge in [0.1, 0.15) is 18.9 Å². The van der Waals surface area contributed by atoms with Crippen LogP contribution in [0.25, 0.3) is 11.1 Å². The first kappa shape index (κ1) is 22.6. The van der Waals surface area contributed by atoms with Gasteiger partial charge in [-0.1, -0.05) is 26.0 Å². The molecule has 8 nitrogen and oxygen atoms in total. The van der Waals surface area contributed by atoms with Crippen LogP contribution in [0.1, 0.15) is 34.1 Å². The van der Waals surface area contributed by atoms with E-state index in [1.165, 1.54) is 4.57 Å². The van der Waals surface area contributed by atoms with Gasteiger partial charge < -0.3 is 19.4 Å². The normalized spacial score (nSPS) is 15.3. The van der Waals surface area contributed by atoms with Crippen molar-refractivity contribution in [1.82, 2.24) is 4.57 Å². The van der Waals surface area contributed by atoms with Crippen molar-refractivity contribution in [3.05, 3.63) is 53.0 Å². The molecule has 0 unspecified atom stereocenters. The highest BCUT2D eigenvalue weighted by Crippen LogP contribution is 2.38. The quantitative estimate of drug-likeness (QED) is 0.611. The Morgan fingerprint density at radius 2 is 1.91 bits per heavy atom. The topological polar surface area (TPSA) is 93.8 Å². The van der Waals surface area contributed by atoms with E-state index in [0.717, 1.165) is 6.42 Å². The number of benzene rings is 2. The number of hydrogen-bond donors (Lipinski definition) is 1. The predicted molar refractivity (Wildman–Crippen MR) is 127 cm³/mol. The monoisotopic (exact) mass is 451 g/mol. The fourth-order valence-electron chi connectivity index (χ4n) is 3.84. The third-order valence-electron chi connectivity index (χ3n) is 5.75. The summed E-state index contributed by atoms with van der Waals surface area (Å²) < 4.78 is 12.5. The molecule has 2 aromatic carbocycles. The highest BCUT2D eigenvalue weighted by atomic mass is 16.5. The number of anilines is 2. The lowest BCUT2D eigenvalue weighted by atomic mass is 9.92. The Morgan fingerprint density at radius 3 is 2.67 bits per heavy atom. The van der Waals surface area contributed by atoms with Crippen LogP contribution in [0.4, 0.5) is 11.4 Å². The number of nitrogens with one attached hydrogen (secondary N) is 1. The first-order valence-electron chi connectivity index (χ1n) is 11.1. The van der Waals surface area contributed by atoms with Crippen LogP contribution in [-0.4, -0.2) is 29.5 Å². The fraction of sp³-hybridized carbons (Fsp3) is 0.400. The molecule has 0 spiro atoms. The summed E-state index contributed by atoms with van der Waals surface area (Å²) in [5.41, 5.74) is 1.55.